The number of nitrogen functional groups attached to an aromatic ring is 1. The van der Waals surface area contributed by atoms with Crippen LogP contribution in [0.1, 0.15) is 45.1 Å². The van der Waals surface area contributed by atoms with Crippen LogP contribution >= 0.6 is 11.3 Å². The van der Waals surface area contributed by atoms with Crippen molar-refractivity contribution in [3.63, 3.8) is 0 Å². The Bertz CT molecular complexity index is 757. The lowest BCUT2D eigenvalue weighted by Gasteiger charge is -2.31. The van der Waals surface area contributed by atoms with Gasteiger partial charge in [0, 0.05) is 25.0 Å². The molecule has 9 heteroatoms. The van der Waals surface area contributed by atoms with Crippen LogP contribution in [-0.4, -0.2) is 46.5 Å². The number of hydrogen-bond acceptors (Lipinski definition) is 7. The molecular formula is C16H21N5O3S. The standard InChI is InChI=1S/C16H21N5O3S/c1-9-13(10(2)24-20-9)14(22)18-7-11-3-5-21(6-4-11)15(23)12-8-25-16(17)19-12/h8,11H,3-7H2,1-2H3,(H2,17,19)(H,18,22). The largest absolute Gasteiger partial charge is 0.375 e. The third-order valence-corrected chi connectivity index (χ3v) is 5.13. The molecule has 0 spiro atoms. The van der Waals surface area contributed by atoms with E-state index in [0.717, 1.165) is 12.8 Å². The Labute approximate surface area is 149 Å². The van der Waals surface area contributed by atoms with Crippen LogP contribution in [0.15, 0.2) is 9.90 Å². The van der Waals surface area contributed by atoms with Crippen molar-refractivity contribution in [3.8, 4) is 0 Å². The molecule has 0 bridgehead atoms. The highest BCUT2D eigenvalue weighted by Crippen LogP contribution is 2.20. The van der Waals surface area contributed by atoms with Gasteiger partial charge in [-0.25, -0.2) is 4.98 Å². The number of piperidine rings is 1. The molecule has 134 valence electrons. The molecule has 0 aliphatic carbocycles. The van der Waals surface area contributed by atoms with Crippen LogP contribution in [0.5, 0.6) is 0 Å². The van der Waals surface area contributed by atoms with Crippen molar-refractivity contribution in [3.05, 3.63) is 28.1 Å². The van der Waals surface area contributed by atoms with Crippen LogP contribution in [0.2, 0.25) is 0 Å². The van der Waals surface area contributed by atoms with Gasteiger partial charge in [0.05, 0.1) is 5.69 Å². The second kappa shape index (κ2) is 7.22. The van der Waals surface area contributed by atoms with E-state index in [9.17, 15) is 9.59 Å². The summed E-state index contributed by atoms with van der Waals surface area (Å²) in [6, 6.07) is 0. The molecule has 25 heavy (non-hydrogen) atoms. The predicted octanol–water partition coefficient (Wildman–Crippen LogP) is 1.61. The van der Waals surface area contributed by atoms with Gasteiger partial charge in [-0.05, 0) is 32.6 Å². The molecule has 0 aromatic carbocycles. The third kappa shape index (κ3) is 3.81. The van der Waals surface area contributed by atoms with Crippen LogP contribution < -0.4 is 11.1 Å². The Hall–Kier alpha value is -2.42. The molecule has 3 heterocycles. The lowest BCUT2D eigenvalue weighted by molar-refractivity contribution is 0.0679. The van der Waals surface area contributed by atoms with E-state index >= 15 is 0 Å². The number of carbonyl (C=O) groups is 2. The van der Waals surface area contributed by atoms with Crippen LogP contribution in [0.4, 0.5) is 5.13 Å². The van der Waals surface area contributed by atoms with Crippen LogP contribution in [0, 0.1) is 19.8 Å². The zero-order valence-electron chi connectivity index (χ0n) is 14.2. The quantitative estimate of drug-likeness (QED) is 0.853. The normalized spacial score (nSPS) is 15.4. The van der Waals surface area contributed by atoms with Gasteiger partial charge in [0.15, 0.2) is 5.13 Å². The van der Waals surface area contributed by atoms with Crippen molar-refractivity contribution < 1.29 is 14.1 Å². The van der Waals surface area contributed by atoms with E-state index in [1.165, 1.54) is 11.3 Å². The smallest absolute Gasteiger partial charge is 0.273 e. The SMILES string of the molecule is Cc1noc(C)c1C(=O)NCC1CCN(C(=O)c2csc(N)n2)CC1. The number of nitrogens with zero attached hydrogens (tertiary/aromatic N) is 3. The molecule has 0 unspecified atom stereocenters. The maximum absolute atomic E-state index is 12.3. The Morgan fingerprint density at radius 2 is 2.12 bits per heavy atom. The number of nitrogens with one attached hydrogen (secondary N) is 1. The minimum absolute atomic E-state index is 0.0776. The van der Waals surface area contributed by atoms with Gasteiger partial charge in [0.2, 0.25) is 0 Å². The predicted molar refractivity (Wildman–Crippen MR) is 93.5 cm³/mol. The zero-order valence-corrected chi connectivity index (χ0v) is 15.1. The van der Waals surface area contributed by atoms with Crippen molar-refractivity contribution in [2.24, 2.45) is 5.92 Å². The van der Waals surface area contributed by atoms with Gasteiger partial charge in [-0.1, -0.05) is 5.16 Å². The van der Waals surface area contributed by atoms with E-state index in [1.54, 1.807) is 24.1 Å². The number of rotatable bonds is 4. The van der Waals surface area contributed by atoms with Gasteiger partial charge in [0.1, 0.15) is 17.0 Å². The number of aromatic nitrogens is 2. The maximum atomic E-state index is 12.3. The van der Waals surface area contributed by atoms with Gasteiger partial charge < -0.3 is 20.5 Å². The molecule has 2 amide bonds. The summed E-state index contributed by atoms with van der Waals surface area (Å²) in [5, 5.41) is 8.83. The highest BCUT2D eigenvalue weighted by atomic mass is 32.1. The van der Waals surface area contributed by atoms with E-state index in [2.05, 4.69) is 15.5 Å². The monoisotopic (exact) mass is 363 g/mol. The van der Waals surface area contributed by atoms with Gasteiger partial charge >= 0.3 is 0 Å². The Morgan fingerprint density at radius 1 is 1.40 bits per heavy atom. The summed E-state index contributed by atoms with van der Waals surface area (Å²) in [5.74, 6) is 0.630. The fraction of sp³-hybridized carbons (Fsp3) is 0.500. The van der Waals surface area contributed by atoms with Crippen LogP contribution in [0.25, 0.3) is 0 Å². The van der Waals surface area contributed by atoms with E-state index in [4.69, 9.17) is 10.3 Å². The van der Waals surface area contributed by atoms with Gasteiger partial charge in [-0.2, -0.15) is 0 Å². The number of anilines is 1. The molecule has 0 atom stereocenters. The number of aryl methyl sites for hydroxylation is 2. The first-order valence-electron chi connectivity index (χ1n) is 8.17. The van der Waals surface area contributed by atoms with Gasteiger partial charge in [0.25, 0.3) is 11.8 Å². The average Bonchev–Trinajstić information content (AvgIpc) is 3.18. The second-order valence-electron chi connectivity index (χ2n) is 6.22. The van der Waals surface area contributed by atoms with Crippen molar-refractivity contribution in [2.75, 3.05) is 25.4 Å². The van der Waals surface area contributed by atoms with E-state index in [-0.39, 0.29) is 11.8 Å². The Morgan fingerprint density at radius 3 is 2.68 bits per heavy atom. The summed E-state index contributed by atoms with van der Waals surface area (Å²) in [4.78, 5) is 30.4. The van der Waals surface area contributed by atoms with Crippen molar-refractivity contribution in [2.45, 2.75) is 26.7 Å². The van der Waals surface area contributed by atoms with Gasteiger partial charge in [-0.3, -0.25) is 9.59 Å². The molecule has 1 aliphatic heterocycles. The minimum Gasteiger partial charge on any atom is -0.375 e. The molecule has 2 aromatic rings. The first-order valence-corrected chi connectivity index (χ1v) is 9.05. The second-order valence-corrected chi connectivity index (χ2v) is 7.11. The topological polar surface area (TPSA) is 114 Å². The molecule has 1 aliphatic rings. The summed E-state index contributed by atoms with van der Waals surface area (Å²) < 4.78 is 5.02. The van der Waals surface area contributed by atoms with Crippen molar-refractivity contribution >= 4 is 28.3 Å². The number of hydrogen-bond donors (Lipinski definition) is 2. The number of thiazole rings is 1. The van der Waals surface area contributed by atoms with Gasteiger partial charge in [-0.15, -0.1) is 11.3 Å². The van der Waals surface area contributed by atoms with Crippen molar-refractivity contribution in [1.29, 1.82) is 0 Å². The summed E-state index contributed by atoms with van der Waals surface area (Å²) in [5.41, 5.74) is 7.10. The molecule has 1 fully saturated rings. The molecule has 0 saturated carbocycles. The first-order chi connectivity index (χ1) is 12.0. The summed E-state index contributed by atoms with van der Waals surface area (Å²) in [6.45, 7) is 5.36. The highest BCUT2D eigenvalue weighted by Gasteiger charge is 2.26. The van der Waals surface area contributed by atoms with E-state index in [1.807, 2.05) is 0 Å². The number of likely N-dealkylation sites (tertiary alicyclic amines) is 1. The molecule has 8 nitrogen and oxygen atoms in total. The highest BCUT2D eigenvalue weighted by molar-refractivity contribution is 7.13. The summed E-state index contributed by atoms with van der Waals surface area (Å²) >= 11 is 1.27. The molecular weight excluding hydrogens is 342 g/mol. The molecule has 0 radical (unpaired) electrons. The summed E-state index contributed by atoms with van der Waals surface area (Å²) in [7, 11) is 0. The molecule has 3 N–H and O–H groups in total. The average molecular weight is 363 g/mol. The first kappa shape index (κ1) is 17.4. The minimum atomic E-state index is -0.160. The number of nitrogens with two attached hydrogens (primary N) is 1. The molecule has 1 saturated heterocycles. The van der Waals surface area contributed by atoms with E-state index < -0.39 is 0 Å². The lowest BCUT2D eigenvalue weighted by atomic mass is 9.96. The van der Waals surface area contributed by atoms with Crippen LogP contribution in [0.3, 0.4) is 0 Å². The maximum Gasteiger partial charge on any atom is 0.273 e. The fourth-order valence-electron chi connectivity index (χ4n) is 3.02. The fourth-order valence-corrected chi connectivity index (χ4v) is 3.56. The molecule has 3 rings (SSSR count). The Kier molecular flexibility index (Phi) is 5.03. The molecule has 2 aromatic heterocycles. The number of amides is 2. The Balaban J connectivity index is 1.48. The third-order valence-electron chi connectivity index (χ3n) is 4.45. The lowest BCUT2D eigenvalue weighted by Crippen LogP contribution is -2.41. The van der Waals surface area contributed by atoms with Crippen LogP contribution in [-0.2, 0) is 0 Å². The van der Waals surface area contributed by atoms with Crippen molar-refractivity contribution in [1.82, 2.24) is 20.4 Å². The summed E-state index contributed by atoms with van der Waals surface area (Å²) in [6.07, 6.45) is 1.68. The zero-order chi connectivity index (χ0) is 18.0. The van der Waals surface area contributed by atoms with E-state index in [0.29, 0.717) is 53.4 Å². The number of carbonyl (C=O) groups excluding carboxylic acids is 2.